The summed E-state index contributed by atoms with van der Waals surface area (Å²) in [7, 11) is -2.20. The quantitative estimate of drug-likeness (QED) is 0.887. The number of carboxylic acids is 1. The lowest BCUT2D eigenvalue weighted by atomic mass is 10.0. The van der Waals surface area contributed by atoms with Gasteiger partial charge >= 0.3 is 5.97 Å². The molecule has 0 saturated carbocycles. The van der Waals surface area contributed by atoms with Crippen LogP contribution in [-0.4, -0.2) is 33.1 Å². The van der Waals surface area contributed by atoms with E-state index in [1.807, 2.05) is 0 Å². The van der Waals surface area contributed by atoms with E-state index in [9.17, 15) is 13.2 Å². The van der Waals surface area contributed by atoms with Crippen molar-refractivity contribution in [3.63, 3.8) is 0 Å². The van der Waals surface area contributed by atoms with Crippen molar-refractivity contribution < 1.29 is 23.1 Å². The van der Waals surface area contributed by atoms with Gasteiger partial charge in [-0.15, -0.1) is 0 Å². The molecule has 1 heterocycles. The molecule has 138 valence electrons. The second-order valence-corrected chi connectivity index (χ2v) is 8.25. The number of carbonyl (C=O) groups is 1. The van der Waals surface area contributed by atoms with E-state index in [0.717, 1.165) is 11.1 Å². The lowest BCUT2D eigenvalue weighted by molar-refractivity contribution is 0.0696. The molecule has 0 aromatic heterocycles. The number of rotatable bonds is 4. The third kappa shape index (κ3) is 3.03. The van der Waals surface area contributed by atoms with Gasteiger partial charge in [0.25, 0.3) is 10.0 Å². The molecular formula is C19H21NO5S. The average Bonchev–Trinajstić information content (AvgIpc) is 2.61. The largest absolute Gasteiger partial charge is 0.496 e. The number of aryl methyl sites for hydroxylation is 3. The van der Waals surface area contributed by atoms with Crippen LogP contribution in [0.3, 0.4) is 0 Å². The fourth-order valence-corrected chi connectivity index (χ4v) is 5.16. The van der Waals surface area contributed by atoms with Crippen molar-refractivity contribution in [2.45, 2.75) is 31.6 Å². The number of benzene rings is 2. The highest BCUT2D eigenvalue weighted by atomic mass is 32.2. The average molecular weight is 375 g/mol. The van der Waals surface area contributed by atoms with Gasteiger partial charge in [0, 0.05) is 6.54 Å². The van der Waals surface area contributed by atoms with Crippen molar-refractivity contribution in [2.75, 3.05) is 18.0 Å². The van der Waals surface area contributed by atoms with Crippen LogP contribution in [0, 0.1) is 13.8 Å². The molecule has 2 aromatic carbocycles. The van der Waals surface area contributed by atoms with Crippen LogP contribution in [0.2, 0.25) is 0 Å². The highest BCUT2D eigenvalue weighted by Gasteiger charge is 2.31. The van der Waals surface area contributed by atoms with Gasteiger partial charge in [0.2, 0.25) is 0 Å². The van der Waals surface area contributed by atoms with E-state index in [1.165, 1.54) is 10.4 Å². The molecule has 0 aliphatic carbocycles. The normalized spacial score (nSPS) is 14.0. The summed E-state index contributed by atoms with van der Waals surface area (Å²) in [6.45, 7) is 3.92. The predicted octanol–water partition coefficient (Wildman–Crippen LogP) is 3.15. The van der Waals surface area contributed by atoms with Gasteiger partial charge < -0.3 is 9.84 Å². The van der Waals surface area contributed by atoms with E-state index in [4.69, 9.17) is 9.84 Å². The molecule has 1 N–H and O–H groups in total. The SMILES string of the molecule is COc1cc(C)c(S(=O)(=O)N2CCCc3cc(C(=O)O)ccc32)cc1C. The second-order valence-electron chi connectivity index (χ2n) is 6.42. The van der Waals surface area contributed by atoms with Gasteiger partial charge in [0.05, 0.1) is 23.3 Å². The number of anilines is 1. The summed E-state index contributed by atoms with van der Waals surface area (Å²) in [5.41, 5.74) is 2.81. The Kier molecular flexibility index (Phi) is 4.66. The van der Waals surface area contributed by atoms with E-state index in [0.29, 0.717) is 36.4 Å². The van der Waals surface area contributed by atoms with Gasteiger partial charge in [0.1, 0.15) is 5.75 Å². The standard InChI is InChI=1S/C19H21NO5S/c1-12-10-18(13(2)9-17(12)25-3)26(23,24)20-8-4-5-14-11-15(19(21)22)6-7-16(14)20/h6-7,9-11H,4-5,8H2,1-3H3,(H,21,22). The predicted molar refractivity (Wildman–Crippen MR) is 98.7 cm³/mol. The molecule has 0 unspecified atom stereocenters. The summed E-state index contributed by atoms with van der Waals surface area (Å²) < 4.78 is 33.3. The van der Waals surface area contributed by atoms with Gasteiger partial charge in [-0.05, 0) is 73.7 Å². The molecule has 0 saturated heterocycles. The molecule has 0 spiro atoms. The Labute approximate surface area is 153 Å². The van der Waals surface area contributed by atoms with E-state index < -0.39 is 16.0 Å². The number of ether oxygens (including phenoxy) is 1. The minimum Gasteiger partial charge on any atom is -0.496 e. The van der Waals surface area contributed by atoms with Gasteiger partial charge in [-0.2, -0.15) is 0 Å². The zero-order valence-corrected chi connectivity index (χ0v) is 15.8. The maximum atomic E-state index is 13.3. The fraction of sp³-hybridized carbons (Fsp3) is 0.316. The van der Waals surface area contributed by atoms with Crippen LogP contribution in [0.15, 0.2) is 35.2 Å². The third-order valence-corrected chi connectivity index (χ3v) is 6.62. The van der Waals surface area contributed by atoms with Crippen LogP contribution < -0.4 is 9.04 Å². The molecule has 6 nitrogen and oxygen atoms in total. The van der Waals surface area contributed by atoms with Crippen LogP contribution in [0.25, 0.3) is 0 Å². The molecule has 1 aliphatic heterocycles. The summed E-state index contributed by atoms with van der Waals surface area (Å²) >= 11 is 0. The van der Waals surface area contributed by atoms with Crippen LogP contribution in [0.4, 0.5) is 5.69 Å². The number of sulfonamides is 1. The first kappa shape index (κ1) is 18.3. The highest BCUT2D eigenvalue weighted by molar-refractivity contribution is 7.92. The zero-order valence-electron chi connectivity index (χ0n) is 14.9. The molecule has 0 bridgehead atoms. The Morgan fingerprint density at radius 1 is 1.15 bits per heavy atom. The summed E-state index contributed by atoms with van der Waals surface area (Å²) in [6.07, 6.45) is 1.30. The molecule has 2 aromatic rings. The number of hydrogen-bond acceptors (Lipinski definition) is 4. The number of carboxylic acid groups (broad SMARTS) is 1. The third-order valence-electron chi connectivity index (χ3n) is 4.66. The molecule has 0 amide bonds. The molecular weight excluding hydrogens is 354 g/mol. The molecule has 0 atom stereocenters. The smallest absolute Gasteiger partial charge is 0.335 e. The summed E-state index contributed by atoms with van der Waals surface area (Å²) in [5, 5.41) is 9.16. The molecule has 0 radical (unpaired) electrons. The summed E-state index contributed by atoms with van der Waals surface area (Å²) in [4.78, 5) is 11.4. The van der Waals surface area contributed by atoms with E-state index >= 15 is 0 Å². The van der Waals surface area contributed by atoms with Crippen molar-refractivity contribution in [3.8, 4) is 5.75 Å². The molecule has 3 rings (SSSR count). The maximum Gasteiger partial charge on any atom is 0.335 e. The molecule has 1 aliphatic rings. The second kappa shape index (κ2) is 6.64. The van der Waals surface area contributed by atoms with Crippen molar-refractivity contribution in [1.29, 1.82) is 0 Å². The lowest BCUT2D eigenvalue weighted by Gasteiger charge is -2.31. The number of methoxy groups -OCH3 is 1. The number of nitrogens with zero attached hydrogens (tertiary/aromatic N) is 1. The van der Waals surface area contributed by atoms with Crippen molar-refractivity contribution in [2.24, 2.45) is 0 Å². The van der Waals surface area contributed by atoms with Crippen LogP contribution in [0.5, 0.6) is 5.75 Å². The lowest BCUT2D eigenvalue weighted by Crippen LogP contribution is -2.36. The van der Waals surface area contributed by atoms with E-state index in [2.05, 4.69) is 0 Å². The van der Waals surface area contributed by atoms with Crippen molar-refractivity contribution in [1.82, 2.24) is 0 Å². The Morgan fingerprint density at radius 3 is 2.54 bits per heavy atom. The fourth-order valence-electron chi connectivity index (χ4n) is 3.33. The monoisotopic (exact) mass is 375 g/mol. The molecule has 7 heteroatoms. The summed E-state index contributed by atoms with van der Waals surface area (Å²) in [5.74, 6) is -0.374. The highest BCUT2D eigenvalue weighted by Crippen LogP contribution is 2.35. The van der Waals surface area contributed by atoms with Crippen LogP contribution in [0.1, 0.15) is 33.5 Å². The Hall–Kier alpha value is -2.54. The molecule has 26 heavy (non-hydrogen) atoms. The number of hydrogen-bond donors (Lipinski definition) is 1. The van der Waals surface area contributed by atoms with Crippen LogP contribution >= 0.6 is 0 Å². The van der Waals surface area contributed by atoms with Crippen molar-refractivity contribution >= 4 is 21.7 Å². The van der Waals surface area contributed by atoms with Gasteiger partial charge in [-0.1, -0.05) is 0 Å². The first-order valence-corrected chi connectivity index (χ1v) is 9.74. The maximum absolute atomic E-state index is 13.3. The van der Waals surface area contributed by atoms with Gasteiger partial charge in [-0.25, -0.2) is 13.2 Å². The van der Waals surface area contributed by atoms with Gasteiger partial charge in [0.15, 0.2) is 0 Å². The minimum absolute atomic E-state index is 0.166. The Morgan fingerprint density at radius 2 is 1.88 bits per heavy atom. The zero-order chi connectivity index (χ0) is 19.1. The first-order valence-electron chi connectivity index (χ1n) is 8.30. The summed E-state index contributed by atoms with van der Waals surface area (Å²) in [6, 6.07) is 7.94. The van der Waals surface area contributed by atoms with Crippen molar-refractivity contribution in [3.05, 3.63) is 52.6 Å². The van der Waals surface area contributed by atoms with Crippen LogP contribution in [-0.2, 0) is 16.4 Å². The number of aromatic carboxylic acids is 1. The topological polar surface area (TPSA) is 83.9 Å². The minimum atomic E-state index is -3.76. The molecule has 0 fully saturated rings. The van der Waals surface area contributed by atoms with E-state index in [-0.39, 0.29) is 10.5 Å². The number of fused-ring (bicyclic) bond motifs is 1. The Bertz CT molecular complexity index is 982. The van der Waals surface area contributed by atoms with Gasteiger partial charge in [-0.3, -0.25) is 4.31 Å². The van der Waals surface area contributed by atoms with E-state index in [1.54, 1.807) is 45.2 Å². The first-order chi connectivity index (χ1) is 12.3. The Balaban J connectivity index is 2.10.